The van der Waals surface area contributed by atoms with Crippen LogP contribution in [0.25, 0.3) is 16.7 Å². The predicted octanol–water partition coefficient (Wildman–Crippen LogP) is 2.11. The van der Waals surface area contributed by atoms with Crippen molar-refractivity contribution < 1.29 is 8.78 Å². The minimum Gasteiger partial charge on any atom is -0.301 e. The Morgan fingerprint density at radius 1 is 1.35 bits per heavy atom. The third-order valence-corrected chi connectivity index (χ3v) is 3.33. The van der Waals surface area contributed by atoms with Gasteiger partial charge in [-0.15, -0.1) is 0 Å². The summed E-state index contributed by atoms with van der Waals surface area (Å²) < 4.78 is 27.9. The predicted molar refractivity (Wildman–Crippen MR) is 71.2 cm³/mol. The molecule has 8 heteroatoms. The number of benzene rings is 1. The zero-order chi connectivity index (χ0) is 14.3. The second-order valence-electron chi connectivity index (χ2n) is 3.96. The van der Waals surface area contributed by atoms with Gasteiger partial charge in [0, 0.05) is 6.07 Å². The molecule has 0 radical (unpaired) electrons. The molecule has 3 rings (SSSR count). The smallest absolute Gasteiger partial charge is 0.262 e. The Hall–Kier alpha value is -2.22. The van der Waals surface area contributed by atoms with Crippen molar-refractivity contribution in [1.29, 1.82) is 0 Å². The summed E-state index contributed by atoms with van der Waals surface area (Å²) in [7, 11) is 0. The van der Waals surface area contributed by atoms with Gasteiger partial charge in [-0.2, -0.15) is 5.10 Å². The normalized spacial score (nSPS) is 11.2. The fraction of sp³-hybridized carbons (Fsp3) is 0.0833. The molecule has 2 aromatic heterocycles. The van der Waals surface area contributed by atoms with E-state index in [2.05, 4.69) is 15.1 Å². The average molecular weight is 294 g/mol. The Bertz CT molecular complexity index is 858. The van der Waals surface area contributed by atoms with Gasteiger partial charge >= 0.3 is 0 Å². The van der Waals surface area contributed by atoms with Crippen LogP contribution in [0.5, 0.6) is 0 Å². The van der Waals surface area contributed by atoms with Crippen LogP contribution in [0.1, 0.15) is 0 Å². The summed E-state index contributed by atoms with van der Waals surface area (Å²) in [6, 6.07) is 3.12. The largest absolute Gasteiger partial charge is 0.301 e. The topological polar surface area (TPSA) is 63.6 Å². The van der Waals surface area contributed by atoms with Crippen molar-refractivity contribution in [2.24, 2.45) is 0 Å². The van der Waals surface area contributed by atoms with E-state index < -0.39 is 11.6 Å². The number of fused-ring (bicyclic) bond motifs is 1. The number of halogens is 2. The van der Waals surface area contributed by atoms with E-state index in [1.165, 1.54) is 28.7 Å². The SMILES string of the molecule is CSc1nc2c(cnn2-c2ccc(F)cc2F)c(=O)[nH]1. The fourth-order valence-corrected chi connectivity index (χ4v) is 2.20. The summed E-state index contributed by atoms with van der Waals surface area (Å²) in [5.41, 5.74) is -0.0942. The molecule has 20 heavy (non-hydrogen) atoms. The molecule has 0 spiro atoms. The standard InChI is InChI=1S/C12H8F2N4OS/c1-20-12-16-10-7(11(19)17-12)5-15-18(10)9-3-2-6(13)4-8(9)14/h2-5H,1H3,(H,16,17,19). The molecule has 0 saturated carbocycles. The summed E-state index contributed by atoms with van der Waals surface area (Å²) in [5, 5.41) is 4.59. The second kappa shape index (κ2) is 4.71. The number of hydrogen-bond acceptors (Lipinski definition) is 4. The van der Waals surface area contributed by atoms with Crippen molar-refractivity contribution in [2.45, 2.75) is 5.16 Å². The molecule has 3 aromatic rings. The molecular formula is C12H8F2N4OS. The molecule has 102 valence electrons. The van der Waals surface area contributed by atoms with Crippen molar-refractivity contribution in [1.82, 2.24) is 19.7 Å². The maximum atomic E-state index is 13.8. The molecule has 5 nitrogen and oxygen atoms in total. The van der Waals surface area contributed by atoms with Gasteiger partial charge in [0.1, 0.15) is 16.9 Å². The summed E-state index contributed by atoms with van der Waals surface area (Å²) in [6.07, 6.45) is 3.05. The first-order chi connectivity index (χ1) is 9.60. The quantitative estimate of drug-likeness (QED) is 0.581. The molecule has 0 aliphatic carbocycles. The molecule has 1 aromatic carbocycles. The van der Waals surface area contributed by atoms with Crippen LogP contribution in [0.4, 0.5) is 8.78 Å². The highest BCUT2D eigenvalue weighted by atomic mass is 32.2. The molecule has 2 heterocycles. The van der Waals surface area contributed by atoms with E-state index >= 15 is 0 Å². The Labute approximate surface area is 115 Å². The van der Waals surface area contributed by atoms with E-state index in [4.69, 9.17) is 0 Å². The van der Waals surface area contributed by atoms with Crippen LogP contribution in [-0.4, -0.2) is 26.0 Å². The monoisotopic (exact) mass is 294 g/mol. The number of nitrogens with one attached hydrogen (secondary N) is 1. The summed E-state index contributed by atoms with van der Waals surface area (Å²) >= 11 is 1.25. The number of aromatic nitrogens is 4. The van der Waals surface area contributed by atoms with Crippen LogP contribution >= 0.6 is 11.8 Å². The van der Waals surface area contributed by atoms with Crippen LogP contribution in [0.2, 0.25) is 0 Å². The Morgan fingerprint density at radius 2 is 2.15 bits per heavy atom. The number of nitrogens with zero attached hydrogens (tertiary/aromatic N) is 3. The van der Waals surface area contributed by atoms with Gasteiger partial charge in [-0.1, -0.05) is 11.8 Å². The van der Waals surface area contributed by atoms with Crippen LogP contribution in [0.3, 0.4) is 0 Å². The molecule has 0 aliphatic heterocycles. The van der Waals surface area contributed by atoms with Crippen molar-refractivity contribution in [3.63, 3.8) is 0 Å². The van der Waals surface area contributed by atoms with Crippen molar-refractivity contribution in [3.05, 3.63) is 46.4 Å². The third kappa shape index (κ3) is 1.97. The third-order valence-electron chi connectivity index (χ3n) is 2.75. The zero-order valence-corrected chi connectivity index (χ0v) is 11.0. The van der Waals surface area contributed by atoms with Crippen LogP contribution in [-0.2, 0) is 0 Å². The van der Waals surface area contributed by atoms with Gasteiger partial charge < -0.3 is 4.98 Å². The molecule has 0 aliphatic rings. The molecule has 0 amide bonds. The molecular weight excluding hydrogens is 286 g/mol. The minimum absolute atomic E-state index is 0.0338. The first-order valence-electron chi connectivity index (χ1n) is 5.57. The molecule has 0 saturated heterocycles. The highest BCUT2D eigenvalue weighted by molar-refractivity contribution is 7.98. The first-order valence-corrected chi connectivity index (χ1v) is 6.80. The van der Waals surface area contributed by atoms with Gasteiger partial charge in [0.25, 0.3) is 5.56 Å². The number of hydrogen-bond donors (Lipinski definition) is 1. The van der Waals surface area contributed by atoms with Crippen LogP contribution in [0, 0.1) is 11.6 Å². The van der Waals surface area contributed by atoms with Crippen molar-refractivity contribution in [2.75, 3.05) is 6.26 Å². The highest BCUT2D eigenvalue weighted by Gasteiger charge is 2.14. The zero-order valence-electron chi connectivity index (χ0n) is 10.2. The van der Waals surface area contributed by atoms with Crippen molar-refractivity contribution >= 4 is 22.8 Å². The number of aromatic amines is 1. The molecule has 0 unspecified atom stereocenters. The maximum absolute atomic E-state index is 13.8. The summed E-state index contributed by atoms with van der Waals surface area (Å²) in [4.78, 5) is 18.6. The molecule has 0 fully saturated rings. The van der Waals surface area contributed by atoms with Gasteiger partial charge in [-0.05, 0) is 18.4 Å². The summed E-state index contributed by atoms with van der Waals surface area (Å²) in [6.45, 7) is 0. The Morgan fingerprint density at radius 3 is 2.85 bits per heavy atom. The van der Waals surface area contributed by atoms with E-state index in [0.717, 1.165) is 12.1 Å². The lowest BCUT2D eigenvalue weighted by atomic mass is 10.3. The van der Waals surface area contributed by atoms with E-state index in [9.17, 15) is 13.6 Å². The number of rotatable bonds is 2. The summed E-state index contributed by atoms with van der Waals surface area (Å²) in [5.74, 6) is -1.46. The average Bonchev–Trinajstić information content (AvgIpc) is 2.83. The maximum Gasteiger partial charge on any atom is 0.262 e. The second-order valence-corrected chi connectivity index (χ2v) is 4.76. The van der Waals surface area contributed by atoms with E-state index in [0.29, 0.717) is 5.16 Å². The van der Waals surface area contributed by atoms with Crippen LogP contribution < -0.4 is 5.56 Å². The lowest BCUT2D eigenvalue weighted by molar-refractivity contribution is 0.574. The van der Waals surface area contributed by atoms with E-state index in [1.54, 1.807) is 6.26 Å². The highest BCUT2D eigenvalue weighted by Crippen LogP contribution is 2.19. The number of H-pyrrole nitrogens is 1. The minimum atomic E-state index is -0.775. The van der Waals surface area contributed by atoms with Gasteiger partial charge in [-0.3, -0.25) is 4.79 Å². The Balaban J connectivity index is 2.31. The van der Waals surface area contributed by atoms with E-state index in [-0.39, 0.29) is 22.3 Å². The molecule has 1 N–H and O–H groups in total. The lowest BCUT2D eigenvalue weighted by Crippen LogP contribution is -2.10. The van der Waals surface area contributed by atoms with Gasteiger partial charge in [0.2, 0.25) is 0 Å². The van der Waals surface area contributed by atoms with Gasteiger partial charge in [0.15, 0.2) is 16.6 Å². The lowest BCUT2D eigenvalue weighted by Gasteiger charge is -2.05. The first kappa shape index (κ1) is 12.8. The molecule has 0 bridgehead atoms. The van der Waals surface area contributed by atoms with Gasteiger partial charge in [-0.25, -0.2) is 18.4 Å². The van der Waals surface area contributed by atoms with Gasteiger partial charge in [0.05, 0.1) is 6.20 Å². The van der Waals surface area contributed by atoms with Crippen molar-refractivity contribution in [3.8, 4) is 5.69 Å². The fourth-order valence-electron chi connectivity index (χ4n) is 1.82. The van der Waals surface area contributed by atoms with E-state index in [1.807, 2.05) is 0 Å². The molecule has 0 atom stereocenters. The number of thioether (sulfide) groups is 1. The van der Waals surface area contributed by atoms with Crippen LogP contribution in [0.15, 0.2) is 34.3 Å². The Kier molecular flexibility index (Phi) is 3.01.